The number of aromatic nitrogens is 1. The molecule has 0 aliphatic carbocycles. The first-order chi connectivity index (χ1) is 10.4. The number of likely N-dealkylation sites (tertiary alicyclic amines) is 1. The lowest BCUT2D eigenvalue weighted by Crippen LogP contribution is -2.47. The highest BCUT2D eigenvalue weighted by Gasteiger charge is 2.30. The van der Waals surface area contributed by atoms with E-state index in [1.54, 1.807) is 4.90 Å². The number of carbonyl (C=O) groups is 2. The second kappa shape index (κ2) is 6.81. The number of nitrogens with one attached hydrogen (secondary N) is 1. The third-order valence-corrected chi connectivity index (χ3v) is 4.20. The summed E-state index contributed by atoms with van der Waals surface area (Å²) >= 11 is 0. The maximum absolute atomic E-state index is 12.4. The van der Waals surface area contributed by atoms with E-state index in [1.165, 1.54) is 0 Å². The SMILES string of the molecule is CCC(NC(=O)N1CCCC(C(=O)O)C1)c1c(C)noc1C. The van der Waals surface area contributed by atoms with Gasteiger partial charge in [0.2, 0.25) is 0 Å². The Labute approximate surface area is 129 Å². The lowest BCUT2D eigenvalue weighted by atomic mass is 9.98. The molecular formula is C15H23N3O4. The van der Waals surface area contributed by atoms with Crippen molar-refractivity contribution in [1.82, 2.24) is 15.4 Å². The molecular weight excluding hydrogens is 286 g/mol. The zero-order valence-electron chi connectivity index (χ0n) is 13.3. The number of amides is 2. The Kier molecular flexibility index (Phi) is 5.05. The first kappa shape index (κ1) is 16.3. The maximum Gasteiger partial charge on any atom is 0.317 e. The van der Waals surface area contributed by atoms with Crippen molar-refractivity contribution in [2.75, 3.05) is 13.1 Å². The Morgan fingerprint density at radius 1 is 1.50 bits per heavy atom. The molecule has 7 heteroatoms. The second-order valence-electron chi connectivity index (χ2n) is 5.77. The Bertz CT molecular complexity index is 535. The van der Waals surface area contributed by atoms with Crippen molar-refractivity contribution in [2.45, 2.75) is 46.1 Å². The van der Waals surface area contributed by atoms with Gasteiger partial charge >= 0.3 is 12.0 Å². The molecule has 0 saturated carbocycles. The topological polar surface area (TPSA) is 95.7 Å². The summed E-state index contributed by atoms with van der Waals surface area (Å²) in [5, 5.41) is 16.0. The molecule has 2 unspecified atom stereocenters. The van der Waals surface area contributed by atoms with E-state index < -0.39 is 11.9 Å². The van der Waals surface area contributed by atoms with E-state index >= 15 is 0 Å². The Morgan fingerprint density at radius 3 is 2.77 bits per heavy atom. The average Bonchev–Trinajstić information content (AvgIpc) is 2.84. The summed E-state index contributed by atoms with van der Waals surface area (Å²) in [5.74, 6) is -0.611. The molecule has 22 heavy (non-hydrogen) atoms. The lowest BCUT2D eigenvalue weighted by Gasteiger charge is -2.32. The van der Waals surface area contributed by atoms with Gasteiger partial charge in [-0.2, -0.15) is 0 Å². The predicted molar refractivity (Wildman–Crippen MR) is 79.5 cm³/mol. The third kappa shape index (κ3) is 3.40. The van der Waals surface area contributed by atoms with Crippen LogP contribution in [-0.4, -0.2) is 40.3 Å². The minimum Gasteiger partial charge on any atom is -0.481 e. The summed E-state index contributed by atoms with van der Waals surface area (Å²) in [6.07, 6.45) is 2.05. The first-order valence-corrected chi connectivity index (χ1v) is 7.65. The molecule has 122 valence electrons. The Hall–Kier alpha value is -2.05. The number of piperidine rings is 1. The minimum atomic E-state index is -0.838. The summed E-state index contributed by atoms with van der Waals surface area (Å²) in [6.45, 7) is 6.51. The molecule has 2 heterocycles. The summed E-state index contributed by atoms with van der Waals surface area (Å²) in [5.41, 5.74) is 1.68. The number of aryl methyl sites for hydroxylation is 2. The maximum atomic E-state index is 12.4. The van der Waals surface area contributed by atoms with Crippen LogP contribution >= 0.6 is 0 Å². The molecule has 0 bridgehead atoms. The minimum absolute atomic E-state index is 0.177. The van der Waals surface area contributed by atoms with Crippen molar-refractivity contribution in [3.05, 3.63) is 17.0 Å². The van der Waals surface area contributed by atoms with Gasteiger partial charge < -0.3 is 19.8 Å². The van der Waals surface area contributed by atoms with Crippen molar-refractivity contribution < 1.29 is 19.2 Å². The van der Waals surface area contributed by atoms with Crippen molar-refractivity contribution in [2.24, 2.45) is 5.92 Å². The van der Waals surface area contributed by atoms with E-state index in [0.29, 0.717) is 31.6 Å². The van der Waals surface area contributed by atoms with Crippen LogP contribution in [0.25, 0.3) is 0 Å². The molecule has 1 fully saturated rings. The normalized spacial score (nSPS) is 19.8. The molecule has 2 atom stereocenters. The van der Waals surface area contributed by atoms with Crippen molar-refractivity contribution >= 4 is 12.0 Å². The van der Waals surface area contributed by atoms with Crippen LogP contribution in [0.2, 0.25) is 0 Å². The largest absolute Gasteiger partial charge is 0.481 e. The van der Waals surface area contributed by atoms with Gasteiger partial charge in [0.25, 0.3) is 0 Å². The van der Waals surface area contributed by atoms with Crippen LogP contribution in [-0.2, 0) is 4.79 Å². The molecule has 2 amide bonds. The summed E-state index contributed by atoms with van der Waals surface area (Å²) in [4.78, 5) is 25.1. The van der Waals surface area contributed by atoms with Gasteiger partial charge in [0.15, 0.2) is 0 Å². The molecule has 7 nitrogen and oxygen atoms in total. The van der Waals surface area contributed by atoms with Gasteiger partial charge in [0.1, 0.15) is 5.76 Å². The second-order valence-corrected chi connectivity index (χ2v) is 5.77. The van der Waals surface area contributed by atoms with E-state index in [-0.39, 0.29) is 18.6 Å². The smallest absolute Gasteiger partial charge is 0.317 e. The molecule has 0 spiro atoms. The standard InChI is InChI=1S/C15H23N3O4/c1-4-12(13-9(2)17-22-10(13)3)16-15(21)18-7-5-6-11(8-18)14(19)20/h11-12H,4-8H2,1-3H3,(H,16,21)(H,19,20). The molecule has 1 saturated heterocycles. The van der Waals surface area contributed by atoms with Crippen LogP contribution in [0.3, 0.4) is 0 Å². The van der Waals surface area contributed by atoms with Crippen LogP contribution in [0, 0.1) is 19.8 Å². The number of hydrogen-bond acceptors (Lipinski definition) is 4. The Balaban J connectivity index is 2.05. The zero-order valence-corrected chi connectivity index (χ0v) is 13.3. The fourth-order valence-corrected chi connectivity index (χ4v) is 2.97. The number of urea groups is 1. The lowest BCUT2D eigenvalue weighted by molar-refractivity contribution is -0.143. The number of carboxylic acid groups (broad SMARTS) is 1. The Morgan fingerprint density at radius 2 is 2.23 bits per heavy atom. The molecule has 2 N–H and O–H groups in total. The van der Waals surface area contributed by atoms with Crippen molar-refractivity contribution in [1.29, 1.82) is 0 Å². The number of carboxylic acids is 1. The van der Waals surface area contributed by atoms with E-state index in [4.69, 9.17) is 9.63 Å². The molecule has 1 aliphatic rings. The fraction of sp³-hybridized carbons (Fsp3) is 0.667. The highest BCUT2D eigenvalue weighted by molar-refractivity contribution is 5.77. The van der Waals surface area contributed by atoms with Crippen LogP contribution in [0.15, 0.2) is 4.52 Å². The van der Waals surface area contributed by atoms with Crippen LogP contribution in [0.1, 0.15) is 49.2 Å². The zero-order chi connectivity index (χ0) is 16.3. The van der Waals surface area contributed by atoms with E-state index in [0.717, 1.165) is 11.3 Å². The van der Waals surface area contributed by atoms with Crippen molar-refractivity contribution in [3.63, 3.8) is 0 Å². The number of hydrogen-bond donors (Lipinski definition) is 2. The summed E-state index contributed by atoms with van der Waals surface area (Å²) in [7, 11) is 0. The van der Waals surface area contributed by atoms with Crippen LogP contribution < -0.4 is 5.32 Å². The molecule has 2 rings (SSSR count). The highest BCUT2D eigenvalue weighted by Crippen LogP contribution is 2.25. The number of nitrogens with zero attached hydrogens (tertiary/aromatic N) is 2. The van der Waals surface area contributed by atoms with Crippen LogP contribution in [0.4, 0.5) is 4.79 Å². The molecule has 0 aromatic carbocycles. The quantitative estimate of drug-likeness (QED) is 0.889. The van der Waals surface area contributed by atoms with E-state index in [9.17, 15) is 9.59 Å². The van der Waals surface area contributed by atoms with Gasteiger partial charge in [-0.1, -0.05) is 12.1 Å². The number of carbonyl (C=O) groups excluding carboxylic acids is 1. The van der Waals surface area contributed by atoms with E-state index in [1.807, 2.05) is 20.8 Å². The molecule has 0 radical (unpaired) electrons. The van der Waals surface area contributed by atoms with Gasteiger partial charge in [-0.25, -0.2) is 4.79 Å². The van der Waals surface area contributed by atoms with Gasteiger partial charge in [-0.3, -0.25) is 4.79 Å². The molecule has 1 aromatic rings. The first-order valence-electron chi connectivity index (χ1n) is 7.65. The van der Waals surface area contributed by atoms with Gasteiger partial charge in [-0.15, -0.1) is 0 Å². The van der Waals surface area contributed by atoms with Crippen LogP contribution in [0.5, 0.6) is 0 Å². The number of rotatable bonds is 4. The third-order valence-electron chi connectivity index (χ3n) is 4.20. The van der Waals surface area contributed by atoms with Gasteiger partial charge in [0, 0.05) is 18.7 Å². The number of aliphatic carboxylic acids is 1. The fourth-order valence-electron chi connectivity index (χ4n) is 2.97. The summed E-state index contributed by atoms with van der Waals surface area (Å²) < 4.78 is 5.16. The molecule has 1 aromatic heterocycles. The highest BCUT2D eigenvalue weighted by atomic mass is 16.5. The van der Waals surface area contributed by atoms with Gasteiger partial charge in [0.05, 0.1) is 17.7 Å². The monoisotopic (exact) mass is 309 g/mol. The van der Waals surface area contributed by atoms with Gasteiger partial charge in [-0.05, 0) is 33.1 Å². The van der Waals surface area contributed by atoms with E-state index in [2.05, 4.69) is 10.5 Å². The summed E-state index contributed by atoms with van der Waals surface area (Å²) in [6, 6.07) is -0.401. The predicted octanol–water partition coefficient (Wildman–Crippen LogP) is 2.25. The average molecular weight is 309 g/mol. The molecule has 1 aliphatic heterocycles. The van der Waals surface area contributed by atoms with Crippen molar-refractivity contribution in [3.8, 4) is 0 Å².